The standard InChI is InChI=1S/C16H21N3O4/c1-10(2)13-5-4-12(14(20)17(13)3)15(21)18-6-7-19-11(8-18)9-23-16(19)22/h4-5,10-11H,6-9H2,1-3H3/t11-/m0/s1. The van der Waals surface area contributed by atoms with Gasteiger partial charge in [0.05, 0.1) is 6.04 Å². The fraction of sp³-hybridized carbons (Fsp3) is 0.562. The molecule has 2 saturated heterocycles. The van der Waals surface area contributed by atoms with Crippen LogP contribution >= 0.6 is 0 Å². The molecule has 2 fully saturated rings. The summed E-state index contributed by atoms with van der Waals surface area (Å²) in [6.45, 7) is 5.57. The van der Waals surface area contributed by atoms with Gasteiger partial charge in [0.15, 0.2) is 0 Å². The normalized spacial score (nSPS) is 20.7. The molecule has 1 aromatic rings. The number of rotatable bonds is 2. The number of hydrogen-bond donors (Lipinski definition) is 0. The number of piperazine rings is 1. The van der Waals surface area contributed by atoms with Crippen molar-refractivity contribution in [2.75, 3.05) is 26.2 Å². The summed E-state index contributed by atoms with van der Waals surface area (Å²) in [5, 5.41) is 0. The van der Waals surface area contributed by atoms with Gasteiger partial charge in [-0.15, -0.1) is 0 Å². The molecule has 3 rings (SSSR count). The van der Waals surface area contributed by atoms with E-state index in [0.717, 1.165) is 5.69 Å². The van der Waals surface area contributed by atoms with Crippen molar-refractivity contribution in [3.05, 3.63) is 33.7 Å². The van der Waals surface area contributed by atoms with Crippen LogP contribution in [-0.2, 0) is 11.8 Å². The van der Waals surface area contributed by atoms with Gasteiger partial charge in [0.2, 0.25) is 0 Å². The van der Waals surface area contributed by atoms with Gasteiger partial charge >= 0.3 is 6.09 Å². The van der Waals surface area contributed by atoms with Crippen molar-refractivity contribution in [1.82, 2.24) is 14.4 Å². The monoisotopic (exact) mass is 319 g/mol. The zero-order valence-corrected chi connectivity index (χ0v) is 13.6. The molecule has 0 bridgehead atoms. The third kappa shape index (κ3) is 2.60. The Labute approximate surface area is 134 Å². The molecule has 7 nitrogen and oxygen atoms in total. The predicted molar refractivity (Wildman–Crippen MR) is 83.5 cm³/mol. The van der Waals surface area contributed by atoms with Gasteiger partial charge in [-0.05, 0) is 18.1 Å². The largest absolute Gasteiger partial charge is 0.447 e. The first-order valence-corrected chi connectivity index (χ1v) is 7.82. The number of aromatic nitrogens is 1. The van der Waals surface area contributed by atoms with Gasteiger partial charge < -0.3 is 14.2 Å². The van der Waals surface area contributed by atoms with Gasteiger partial charge in [-0.3, -0.25) is 14.5 Å². The van der Waals surface area contributed by atoms with Crippen LogP contribution < -0.4 is 5.56 Å². The van der Waals surface area contributed by atoms with Crippen LogP contribution in [0.15, 0.2) is 16.9 Å². The first-order chi connectivity index (χ1) is 10.9. The maximum absolute atomic E-state index is 12.7. The maximum Gasteiger partial charge on any atom is 0.410 e. The lowest BCUT2D eigenvalue weighted by Crippen LogP contribution is -2.54. The van der Waals surface area contributed by atoms with E-state index in [-0.39, 0.29) is 35.1 Å². The number of hydrogen-bond acceptors (Lipinski definition) is 4. The molecule has 124 valence electrons. The summed E-state index contributed by atoms with van der Waals surface area (Å²) in [4.78, 5) is 40.0. The van der Waals surface area contributed by atoms with Crippen LogP contribution in [0.2, 0.25) is 0 Å². The minimum absolute atomic E-state index is 0.112. The first kappa shape index (κ1) is 15.6. The number of carbonyl (C=O) groups excluding carboxylic acids is 2. The molecule has 0 spiro atoms. The van der Waals surface area contributed by atoms with Gasteiger partial charge in [-0.1, -0.05) is 13.8 Å². The highest BCUT2D eigenvalue weighted by molar-refractivity contribution is 5.94. The lowest BCUT2D eigenvalue weighted by Gasteiger charge is -2.35. The number of carbonyl (C=O) groups is 2. The molecular formula is C16H21N3O4. The molecule has 1 atom stereocenters. The summed E-state index contributed by atoms with van der Waals surface area (Å²) in [5.41, 5.74) is 0.795. The van der Waals surface area contributed by atoms with E-state index in [4.69, 9.17) is 4.74 Å². The zero-order chi connectivity index (χ0) is 16.7. The van der Waals surface area contributed by atoms with Crippen molar-refractivity contribution in [2.24, 2.45) is 7.05 Å². The Kier molecular flexibility index (Phi) is 3.87. The van der Waals surface area contributed by atoms with Crippen LogP contribution in [0.5, 0.6) is 0 Å². The van der Waals surface area contributed by atoms with Crippen LogP contribution in [0.3, 0.4) is 0 Å². The summed E-state index contributed by atoms with van der Waals surface area (Å²) in [6, 6.07) is 3.33. The van der Waals surface area contributed by atoms with Crippen LogP contribution in [-0.4, -0.2) is 58.7 Å². The Bertz CT molecular complexity index is 710. The molecule has 0 unspecified atom stereocenters. The van der Waals surface area contributed by atoms with E-state index in [9.17, 15) is 14.4 Å². The van der Waals surface area contributed by atoms with Crippen molar-refractivity contribution in [1.29, 1.82) is 0 Å². The summed E-state index contributed by atoms with van der Waals surface area (Å²) in [5.74, 6) is -0.0676. The highest BCUT2D eigenvalue weighted by Gasteiger charge is 2.39. The summed E-state index contributed by atoms with van der Waals surface area (Å²) in [6.07, 6.45) is -0.320. The maximum atomic E-state index is 12.7. The van der Waals surface area contributed by atoms with Gasteiger partial charge in [0, 0.05) is 32.4 Å². The van der Waals surface area contributed by atoms with Crippen LogP contribution in [0.25, 0.3) is 0 Å². The zero-order valence-electron chi connectivity index (χ0n) is 13.6. The Morgan fingerprint density at radius 2 is 2.00 bits per heavy atom. The Morgan fingerprint density at radius 3 is 2.70 bits per heavy atom. The minimum Gasteiger partial charge on any atom is -0.447 e. The first-order valence-electron chi connectivity index (χ1n) is 7.82. The van der Waals surface area contributed by atoms with E-state index in [2.05, 4.69) is 0 Å². The number of nitrogens with zero attached hydrogens (tertiary/aromatic N) is 3. The summed E-state index contributed by atoms with van der Waals surface area (Å²) < 4.78 is 6.54. The third-order valence-electron chi connectivity index (χ3n) is 4.57. The molecule has 7 heteroatoms. The molecule has 0 radical (unpaired) electrons. The van der Waals surface area contributed by atoms with E-state index in [1.807, 2.05) is 19.9 Å². The van der Waals surface area contributed by atoms with Crippen LogP contribution in [0, 0.1) is 0 Å². The van der Waals surface area contributed by atoms with Gasteiger partial charge in [0.1, 0.15) is 12.2 Å². The number of cyclic esters (lactones) is 1. The predicted octanol–water partition coefficient (Wildman–Crippen LogP) is 0.785. The lowest BCUT2D eigenvalue weighted by atomic mass is 10.1. The third-order valence-corrected chi connectivity index (χ3v) is 4.57. The van der Waals surface area contributed by atoms with E-state index < -0.39 is 0 Å². The van der Waals surface area contributed by atoms with Crippen molar-refractivity contribution < 1.29 is 14.3 Å². The van der Waals surface area contributed by atoms with Gasteiger partial charge in [-0.25, -0.2) is 4.79 Å². The molecule has 2 aliphatic rings. The van der Waals surface area contributed by atoms with Crippen molar-refractivity contribution >= 4 is 12.0 Å². The Morgan fingerprint density at radius 1 is 1.26 bits per heavy atom. The van der Waals surface area contributed by atoms with Crippen LogP contribution in [0.4, 0.5) is 4.79 Å². The SMILES string of the molecule is CC(C)c1ccc(C(=O)N2CCN3C(=O)OC[C@@H]3C2)c(=O)n1C. The fourth-order valence-electron chi connectivity index (χ4n) is 3.24. The van der Waals surface area contributed by atoms with Gasteiger partial charge in [-0.2, -0.15) is 0 Å². The average Bonchev–Trinajstić information content (AvgIpc) is 2.89. The van der Waals surface area contributed by atoms with Gasteiger partial charge in [0.25, 0.3) is 11.5 Å². The minimum atomic E-state index is -0.320. The Balaban J connectivity index is 1.83. The molecule has 2 aliphatic heterocycles. The molecule has 0 aromatic carbocycles. The van der Waals surface area contributed by atoms with E-state index in [0.29, 0.717) is 26.2 Å². The lowest BCUT2D eigenvalue weighted by molar-refractivity contribution is 0.0614. The molecular weight excluding hydrogens is 298 g/mol. The number of fused-ring (bicyclic) bond motifs is 1. The molecule has 2 amide bonds. The molecule has 23 heavy (non-hydrogen) atoms. The van der Waals surface area contributed by atoms with E-state index >= 15 is 0 Å². The highest BCUT2D eigenvalue weighted by Crippen LogP contribution is 2.19. The van der Waals surface area contributed by atoms with E-state index in [1.165, 1.54) is 4.57 Å². The van der Waals surface area contributed by atoms with E-state index in [1.54, 1.807) is 22.9 Å². The second-order valence-corrected chi connectivity index (χ2v) is 6.37. The summed E-state index contributed by atoms with van der Waals surface area (Å²) >= 11 is 0. The highest BCUT2D eigenvalue weighted by atomic mass is 16.6. The van der Waals surface area contributed by atoms with Crippen molar-refractivity contribution in [2.45, 2.75) is 25.8 Å². The van der Waals surface area contributed by atoms with Crippen molar-refractivity contribution in [3.63, 3.8) is 0 Å². The fourth-order valence-corrected chi connectivity index (χ4v) is 3.24. The second-order valence-electron chi connectivity index (χ2n) is 6.37. The molecule has 3 heterocycles. The smallest absolute Gasteiger partial charge is 0.410 e. The Hall–Kier alpha value is -2.31. The number of pyridine rings is 1. The second kappa shape index (κ2) is 5.72. The number of ether oxygens (including phenoxy) is 1. The van der Waals surface area contributed by atoms with Crippen molar-refractivity contribution in [3.8, 4) is 0 Å². The average molecular weight is 319 g/mol. The molecule has 0 saturated carbocycles. The topological polar surface area (TPSA) is 71.9 Å². The summed E-state index contributed by atoms with van der Waals surface area (Å²) in [7, 11) is 1.69. The quantitative estimate of drug-likeness (QED) is 0.808. The molecule has 1 aromatic heterocycles. The molecule has 0 N–H and O–H groups in total. The number of amides is 2. The van der Waals surface area contributed by atoms with Crippen LogP contribution in [0.1, 0.15) is 35.8 Å². The molecule has 0 aliphatic carbocycles.